The zero-order valence-electron chi connectivity index (χ0n) is 19.8. The lowest BCUT2D eigenvalue weighted by Gasteiger charge is -2.56. The Labute approximate surface area is 201 Å². The lowest BCUT2D eigenvalue weighted by Crippen LogP contribution is -2.60. The van der Waals surface area contributed by atoms with Crippen molar-refractivity contribution in [3.05, 3.63) is 22.4 Å². The van der Waals surface area contributed by atoms with Crippen LogP contribution in [0, 0.1) is 40.4 Å². The van der Waals surface area contributed by atoms with Gasteiger partial charge in [0.25, 0.3) is 0 Å². The van der Waals surface area contributed by atoms with Crippen LogP contribution in [0.3, 0.4) is 0 Å². The summed E-state index contributed by atoms with van der Waals surface area (Å²) in [5, 5.41) is 14.9. The van der Waals surface area contributed by atoms with Gasteiger partial charge in [-0.25, -0.2) is 0 Å². The third-order valence-electron chi connectivity index (χ3n) is 8.67. The van der Waals surface area contributed by atoms with Crippen LogP contribution in [0.1, 0.15) is 63.3 Å². The van der Waals surface area contributed by atoms with Crippen LogP contribution < -0.4 is 5.32 Å². The second-order valence-corrected chi connectivity index (χ2v) is 12.3. The maximum atomic E-state index is 13.6. The van der Waals surface area contributed by atoms with Crippen LogP contribution in [0.25, 0.3) is 0 Å². The van der Waals surface area contributed by atoms with Crippen LogP contribution in [0.2, 0.25) is 0 Å². The molecule has 0 spiro atoms. The number of nitriles is 1. The maximum Gasteiger partial charge on any atom is 0.245 e. The first-order chi connectivity index (χ1) is 15.9. The van der Waals surface area contributed by atoms with Crippen molar-refractivity contribution in [1.29, 1.82) is 5.26 Å². The Bertz CT molecular complexity index is 878. The van der Waals surface area contributed by atoms with Crippen LogP contribution in [-0.2, 0) is 9.59 Å². The van der Waals surface area contributed by atoms with Gasteiger partial charge < -0.3 is 10.2 Å². The van der Waals surface area contributed by atoms with Crippen LogP contribution >= 0.6 is 11.3 Å². The molecule has 1 saturated heterocycles. The summed E-state index contributed by atoms with van der Waals surface area (Å²) in [6, 6.07) is 5.68. The Morgan fingerprint density at radius 3 is 2.18 bits per heavy atom. The molecule has 4 bridgehead atoms. The summed E-state index contributed by atoms with van der Waals surface area (Å²) in [7, 11) is 0. The number of amides is 2. The van der Waals surface area contributed by atoms with E-state index in [4.69, 9.17) is 0 Å². The molecule has 4 saturated carbocycles. The topological polar surface area (TPSA) is 76.4 Å². The first-order valence-electron chi connectivity index (χ1n) is 12.7. The van der Waals surface area contributed by atoms with Gasteiger partial charge in [-0.15, -0.1) is 11.3 Å². The van der Waals surface area contributed by atoms with Gasteiger partial charge in [-0.05, 0) is 73.6 Å². The molecule has 33 heavy (non-hydrogen) atoms. The fraction of sp³-hybridized carbons (Fsp3) is 0.731. The Balaban J connectivity index is 1.22. The largest absolute Gasteiger partial charge is 0.344 e. The van der Waals surface area contributed by atoms with Crippen LogP contribution in [0.5, 0.6) is 0 Å². The van der Waals surface area contributed by atoms with E-state index in [0.717, 1.165) is 24.1 Å². The third-order valence-corrected chi connectivity index (χ3v) is 9.59. The predicted octanol–water partition coefficient (Wildman–Crippen LogP) is 3.81. The van der Waals surface area contributed by atoms with E-state index in [9.17, 15) is 14.9 Å². The van der Waals surface area contributed by atoms with Gasteiger partial charge in [0.05, 0.1) is 6.07 Å². The van der Waals surface area contributed by atoms with E-state index >= 15 is 0 Å². The summed E-state index contributed by atoms with van der Waals surface area (Å²) in [6.45, 7) is 6.60. The molecule has 1 N–H and O–H groups in total. The number of piperazine rings is 1. The molecule has 0 radical (unpaired) electrons. The van der Waals surface area contributed by atoms with Crippen molar-refractivity contribution >= 4 is 23.2 Å². The SMILES string of the molecule is CC(C)C(NC(=O)C12CC3CC(CC(C3)C1)C2)C(=O)N1CCN(C(C#N)c2cccs2)CC1. The molecule has 4 aliphatic carbocycles. The summed E-state index contributed by atoms with van der Waals surface area (Å²) in [5.41, 5.74) is -0.235. The molecule has 7 heteroatoms. The van der Waals surface area contributed by atoms with Crippen LogP contribution in [0.4, 0.5) is 0 Å². The van der Waals surface area contributed by atoms with Crippen molar-refractivity contribution < 1.29 is 9.59 Å². The lowest BCUT2D eigenvalue weighted by molar-refractivity contribution is -0.151. The lowest BCUT2D eigenvalue weighted by atomic mass is 9.49. The Morgan fingerprint density at radius 2 is 1.70 bits per heavy atom. The summed E-state index contributed by atoms with van der Waals surface area (Å²) in [5.74, 6) is 2.34. The molecule has 178 valence electrons. The fourth-order valence-electron chi connectivity index (χ4n) is 7.37. The van der Waals surface area contributed by atoms with E-state index < -0.39 is 6.04 Å². The number of hydrogen-bond acceptors (Lipinski definition) is 5. The van der Waals surface area contributed by atoms with E-state index in [1.54, 1.807) is 11.3 Å². The normalized spacial score (nSPS) is 33.0. The van der Waals surface area contributed by atoms with Gasteiger partial charge in [-0.1, -0.05) is 19.9 Å². The predicted molar refractivity (Wildman–Crippen MR) is 128 cm³/mol. The maximum absolute atomic E-state index is 13.6. The van der Waals surface area contributed by atoms with Gasteiger partial charge >= 0.3 is 0 Å². The zero-order valence-corrected chi connectivity index (χ0v) is 20.7. The quantitative estimate of drug-likeness (QED) is 0.689. The molecule has 6 nitrogen and oxygen atoms in total. The van der Waals surface area contributed by atoms with E-state index in [0.29, 0.717) is 43.9 Å². The molecule has 2 unspecified atom stereocenters. The summed E-state index contributed by atoms with van der Waals surface area (Å²) in [6.07, 6.45) is 6.96. The van der Waals surface area contributed by atoms with Crippen molar-refractivity contribution in [1.82, 2.24) is 15.1 Å². The number of carbonyl (C=O) groups excluding carboxylic acids is 2. The van der Waals surface area contributed by atoms with Gasteiger partial charge in [-0.3, -0.25) is 14.5 Å². The number of nitrogens with one attached hydrogen (secondary N) is 1. The van der Waals surface area contributed by atoms with Gasteiger partial charge in [0, 0.05) is 36.5 Å². The average Bonchev–Trinajstić information content (AvgIpc) is 3.31. The molecule has 6 rings (SSSR count). The number of nitrogens with zero attached hydrogens (tertiary/aromatic N) is 3. The number of thiophene rings is 1. The minimum absolute atomic E-state index is 0.0346. The van der Waals surface area contributed by atoms with E-state index in [-0.39, 0.29) is 29.2 Å². The standard InChI is InChI=1S/C26H36N4O2S/c1-17(2)23(28-25(32)26-13-18-10-19(14-26)12-20(11-18)15-26)24(31)30-7-5-29(6-8-30)21(16-27)22-4-3-9-33-22/h3-4,9,17-21,23H,5-8,10-15H2,1-2H3,(H,28,32). The molecule has 2 atom stereocenters. The minimum atomic E-state index is -0.471. The van der Waals surface area contributed by atoms with Crippen LogP contribution in [-0.4, -0.2) is 53.8 Å². The summed E-state index contributed by atoms with van der Waals surface area (Å²) < 4.78 is 0. The molecule has 5 fully saturated rings. The molecule has 2 amide bonds. The smallest absolute Gasteiger partial charge is 0.245 e. The molecule has 2 heterocycles. The van der Waals surface area contributed by atoms with Gasteiger partial charge in [0.1, 0.15) is 12.1 Å². The minimum Gasteiger partial charge on any atom is -0.344 e. The van der Waals surface area contributed by atoms with Crippen LogP contribution in [0.15, 0.2) is 17.5 Å². The second kappa shape index (κ2) is 9.03. The zero-order chi connectivity index (χ0) is 23.2. The summed E-state index contributed by atoms with van der Waals surface area (Å²) >= 11 is 1.60. The van der Waals surface area contributed by atoms with Gasteiger partial charge in [0.2, 0.25) is 11.8 Å². The van der Waals surface area contributed by atoms with E-state index in [1.165, 1.54) is 19.3 Å². The van der Waals surface area contributed by atoms with Crippen molar-refractivity contribution in [2.75, 3.05) is 26.2 Å². The number of hydrogen-bond donors (Lipinski definition) is 1. The highest BCUT2D eigenvalue weighted by molar-refractivity contribution is 7.10. The van der Waals surface area contributed by atoms with Gasteiger partial charge in [-0.2, -0.15) is 5.26 Å². The average molecular weight is 469 g/mol. The highest BCUT2D eigenvalue weighted by Gasteiger charge is 2.55. The third kappa shape index (κ3) is 4.33. The van der Waals surface area contributed by atoms with Crippen molar-refractivity contribution in [2.24, 2.45) is 29.1 Å². The molecule has 1 aliphatic heterocycles. The number of carbonyl (C=O) groups is 2. The molecule has 5 aliphatic rings. The molecule has 1 aromatic rings. The molecule has 1 aromatic heterocycles. The first kappa shape index (κ1) is 22.9. The van der Waals surface area contributed by atoms with Gasteiger partial charge in [0.15, 0.2) is 0 Å². The fourth-order valence-corrected chi connectivity index (χ4v) is 8.17. The Morgan fingerprint density at radius 1 is 1.09 bits per heavy atom. The second-order valence-electron chi connectivity index (χ2n) is 11.3. The monoisotopic (exact) mass is 468 g/mol. The molecular formula is C26H36N4O2S. The van der Waals surface area contributed by atoms with Crippen molar-refractivity contribution in [3.8, 4) is 6.07 Å². The molecular weight excluding hydrogens is 432 g/mol. The van der Waals surface area contributed by atoms with E-state index in [1.807, 2.05) is 36.3 Å². The van der Waals surface area contributed by atoms with E-state index in [2.05, 4.69) is 16.3 Å². The van der Waals surface area contributed by atoms with Crippen molar-refractivity contribution in [3.63, 3.8) is 0 Å². The summed E-state index contributed by atoms with van der Waals surface area (Å²) in [4.78, 5) is 32.2. The number of rotatable bonds is 6. The molecule has 0 aromatic carbocycles. The Hall–Kier alpha value is -1.91. The Kier molecular flexibility index (Phi) is 6.26. The first-order valence-corrected chi connectivity index (χ1v) is 13.5. The van der Waals surface area contributed by atoms with Crippen molar-refractivity contribution in [2.45, 2.75) is 64.5 Å². The highest BCUT2D eigenvalue weighted by atomic mass is 32.1. The highest BCUT2D eigenvalue weighted by Crippen LogP contribution is 2.60.